The van der Waals surface area contributed by atoms with Crippen LogP contribution in [0.5, 0.6) is 11.5 Å². The number of hydrogen-bond acceptors (Lipinski definition) is 5. The first-order valence-electron chi connectivity index (χ1n) is 9.75. The standard InChI is InChI=1S/C23H22F3NO4S/c1-14-20(15-4-6-16(7-5-15)23(24,25)26)27-19(32-14)12-13-30-17-8-10-18(11-9-17)31-22(2,3)21(28)29/h4-11H,12-13H2,1-3H3,(H,28,29). The van der Waals surface area contributed by atoms with Crippen molar-refractivity contribution in [3.05, 3.63) is 64.0 Å². The van der Waals surface area contributed by atoms with E-state index in [9.17, 15) is 18.0 Å². The smallest absolute Gasteiger partial charge is 0.416 e. The molecular formula is C23H22F3NO4S. The van der Waals surface area contributed by atoms with Crippen LogP contribution in [0, 0.1) is 6.92 Å². The van der Waals surface area contributed by atoms with E-state index >= 15 is 0 Å². The molecule has 0 saturated heterocycles. The van der Waals surface area contributed by atoms with E-state index in [1.54, 1.807) is 24.3 Å². The predicted octanol–water partition coefficient (Wildman–Crippen LogP) is 6.00. The van der Waals surface area contributed by atoms with Gasteiger partial charge in [-0.1, -0.05) is 12.1 Å². The number of thiazole rings is 1. The van der Waals surface area contributed by atoms with E-state index in [4.69, 9.17) is 14.6 Å². The van der Waals surface area contributed by atoms with Crippen LogP contribution in [0.15, 0.2) is 48.5 Å². The zero-order valence-corrected chi connectivity index (χ0v) is 18.5. The Balaban J connectivity index is 1.57. The van der Waals surface area contributed by atoms with E-state index < -0.39 is 23.3 Å². The highest BCUT2D eigenvalue weighted by atomic mass is 32.1. The van der Waals surface area contributed by atoms with Crippen molar-refractivity contribution >= 4 is 17.3 Å². The molecule has 0 spiro atoms. The maximum atomic E-state index is 12.8. The third-order valence-corrected chi connectivity index (χ3v) is 5.65. The SMILES string of the molecule is Cc1sc(CCOc2ccc(OC(C)(C)C(=O)O)cc2)nc1-c1ccc(C(F)(F)F)cc1. The maximum absolute atomic E-state index is 12.8. The summed E-state index contributed by atoms with van der Waals surface area (Å²) in [4.78, 5) is 16.6. The van der Waals surface area contributed by atoms with Crippen molar-refractivity contribution in [1.29, 1.82) is 0 Å². The zero-order valence-electron chi connectivity index (χ0n) is 17.7. The minimum absolute atomic E-state index is 0.361. The van der Waals surface area contributed by atoms with E-state index in [1.807, 2.05) is 6.92 Å². The number of carboxylic acid groups (broad SMARTS) is 1. The highest BCUT2D eigenvalue weighted by Crippen LogP contribution is 2.33. The summed E-state index contributed by atoms with van der Waals surface area (Å²) in [5, 5.41) is 9.94. The molecule has 1 heterocycles. The number of ether oxygens (including phenoxy) is 2. The van der Waals surface area contributed by atoms with E-state index in [0.29, 0.717) is 35.8 Å². The van der Waals surface area contributed by atoms with Gasteiger partial charge < -0.3 is 14.6 Å². The van der Waals surface area contributed by atoms with Gasteiger partial charge in [0, 0.05) is 16.9 Å². The minimum Gasteiger partial charge on any atom is -0.493 e. The second-order valence-electron chi connectivity index (χ2n) is 7.57. The van der Waals surface area contributed by atoms with Gasteiger partial charge in [0.2, 0.25) is 0 Å². The largest absolute Gasteiger partial charge is 0.493 e. The van der Waals surface area contributed by atoms with Crippen molar-refractivity contribution in [2.75, 3.05) is 6.61 Å². The number of carbonyl (C=O) groups is 1. The van der Waals surface area contributed by atoms with E-state index in [2.05, 4.69) is 4.98 Å². The number of halogens is 3. The van der Waals surface area contributed by atoms with Crippen molar-refractivity contribution in [3.8, 4) is 22.8 Å². The molecule has 0 saturated carbocycles. The van der Waals surface area contributed by atoms with Crippen LogP contribution in [0.1, 0.15) is 29.3 Å². The van der Waals surface area contributed by atoms with E-state index in [1.165, 1.54) is 37.3 Å². The van der Waals surface area contributed by atoms with Gasteiger partial charge in [-0.05, 0) is 57.2 Å². The predicted molar refractivity (Wildman–Crippen MR) is 115 cm³/mol. The van der Waals surface area contributed by atoms with Crippen LogP contribution in [0.3, 0.4) is 0 Å². The van der Waals surface area contributed by atoms with E-state index in [-0.39, 0.29) is 0 Å². The fraction of sp³-hybridized carbons (Fsp3) is 0.304. The average molecular weight is 465 g/mol. The summed E-state index contributed by atoms with van der Waals surface area (Å²) in [5.74, 6) is -0.0459. The van der Waals surface area contributed by atoms with Crippen molar-refractivity contribution in [3.63, 3.8) is 0 Å². The first-order valence-corrected chi connectivity index (χ1v) is 10.6. The van der Waals surface area contributed by atoms with Gasteiger partial charge in [-0.2, -0.15) is 13.2 Å². The molecule has 0 bridgehead atoms. The highest BCUT2D eigenvalue weighted by Gasteiger charge is 2.30. The lowest BCUT2D eigenvalue weighted by atomic mass is 10.1. The van der Waals surface area contributed by atoms with Gasteiger partial charge in [0.05, 0.1) is 22.9 Å². The molecule has 1 aromatic heterocycles. The van der Waals surface area contributed by atoms with Crippen molar-refractivity contribution in [2.45, 2.75) is 39.0 Å². The van der Waals surface area contributed by atoms with Crippen LogP contribution in [0.4, 0.5) is 13.2 Å². The molecule has 170 valence electrons. The summed E-state index contributed by atoms with van der Waals surface area (Å²) in [5.41, 5.74) is -0.721. The Hall–Kier alpha value is -3.07. The first kappa shape index (κ1) is 23.6. The lowest BCUT2D eigenvalue weighted by Crippen LogP contribution is -2.37. The van der Waals surface area contributed by atoms with Gasteiger partial charge >= 0.3 is 12.1 Å². The topological polar surface area (TPSA) is 68.7 Å². The lowest BCUT2D eigenvalue weighted by molar-refractivity contribution is -0.152. The molecule has 0 amide bonds. The Morgan fingerprint density at radius 1 is 1.03 bits per heavy atom. The van der Waals surface area contributed by atoms with Gasteiger partial charge in [-0.3, -0.25) is 0 Å². The molecule has 0 aliphatic heterocycles. The van der Waals surface area contributed by atoms with Crippen LogP contribution in [0.2, 0.25) is 0 Å². The fourth-order valence-electron chi connectivity index (χ4n) is 2.84. The third-order valence-electron chi connectivity index (χ3n) is 4.62. The van der Waals surface area contributed by atoms with Crippen LogP contribution in [-0.2, 0) is 17.4 Å². The molecule has 3 rings (SSSR count). The fourth-order valence-corrected chi connectivity index (χ4v) is 3.78. The Labute approximate surface area is 187 Å². The third kappa shape index (κ3) is 5.79. The Bertz CT molecular complexity index is 1070. The van der Waals surface area contributed by atoms with Gasteiger partial charge in [-0.25, -0.2) is 9.78 Å². The molecule has 0 radical (unpaired) electrons. The number of alkyl halides is 3. The van der Waals surface area contributed by atoms with Crippen LogP contribution < -0.4 is 9.47 Å². The second-order valence-corrected chi connectivity index (χ2v) is 8.86. The lowest BCUT2D eigenvalue weighted by Gasteiger charge is -2.21. The summed E-state index contributed by atoms with van der Waals surface area (Å²) in [6, 6.07) is 11.6. The summed E-state index contributed by atoms with van der Waals surface area (Å²) in [6.45, 7) is 5.18. The monoisotopic (exact) mass is 465 g/mol. The van der Waals surface area contributed by atoms with Crippen LogP contribution >= 0.6 is 11.3 Å². The molecule has 0 aliphatic carbocycles. The summed E-state index contributed by atoms with van der Waals surface area (Å²) in [7, 11) is 0. The molecule has 1 N–H and O–H groups in total. The molecule has 9 heteroatoms. The van der Waals surface area contributed by atoms with Crippen LogP contribution in [0.25, 0.3) is 11.3 Å². The molecular weight excluding hydrogens is 443 g/mol. The number of aryl methyl sites for hydroxylation is 1. The number of rotatable bonds is 8. The van der Waals surface area contributed by atoms with Gasteiger partial charge in [0.25, 0.3) is 0 Å². The van der Waals surface area contributed by atoms with E-state index in [0.717, 1.165) is 22.0 Å². The normalized spacial score (nSPS) is 11.9. The number of aliphatic carboxylic acids is 1. The van der Waals surface area contributed by atoms with Gasteiger partial charge in [-0.15, -0.1) is 11.3 Å². The maximum Gasteiger partial charge on any atom is 0.416 e. The number of hydrogen-bond donors (Lipinski definition) is 1. The molecule has 2 aromatic carbocycles. The van der Waals surface area contributed by atoms with Crippen molar-refractivity contribution in [2.24, 2.45) is 0 Å². The Kier molecular flexibility index (Phi) is 6.78. The summed E-state index contributed by atoms with van der Waals surface area (Å²) < 4.78 is 49.4. The average Bonchev–Trinajstić information content (AvgIpc) is 3.09. The molecule has 32 heavy (non-hydrogen) atoms. The molecule has 3 aromatic rings. The first-order chi connectivity index (χ1) is 15.0. The zero-order chi connectivity index (χ0) is 23.5. The van der Waals surface area contributed by atoms with Crippen molar-refractivity contribution in [1.82, 2.24) is 4.98 Å². The molecule has 0 unspecified atom stereocenters. The molecule has 5 nitrogen and oxygen atoms in total. The van der Waals surface area contributed by atoms with Gasteiger partial charge in [0.1, 0.15) is 11.5 Å². The summed E-state index contributed by atoms with van der Waals surface area (Å²) in [6.07, 6.45) is -3.83. The number of carboxylic acids is 1. The molecule has 0 atom stereocenters. The Morgan fingerprint density at radius 3 is 2.19 bits per heavy atom. The van der Waals surface area contributed by atoms with Gasteiger partial charge in [0.15, 0.2) is 5.60 Å². The number of aromatic nitrogens is 1. The number of benzene rings is 2. The summed E-state index contributed by atoms with van der Waals surface area (Å²) >= 11 is 1.48. The highest BCUT2D eigenvalue weighted by molar-refractivity contribution is 7.12. The minimum atomic E-state index is -4.37. The molecule has 0 fully saturated rings. The Morgan fingerprint density at radius 2 is 1.62 bits per heavy atom. The number of nitrogens with zero attached hydrogens (tertiary/aromatic N) is 1. The van der Waals surface area contributed by atoms with Crippen LogP contribution in [-0.4, -0.2) is 28.3 Å². The quantitative estimate of drug-likeness (QED) is 0.442. The molecule has 0 aliphatic rings. The van der Waals surface area contributed by atoms with Crippen molar-refractivity contribution < 1.29 is 32.5 Å². The second kappa shape index (κ2) is 9.20.